The van der Waals surface area contributed by atoms with Crippen molar-refractivity contribution in [2.24, 2.45) is 0 Å². The first-order chi connectivity index (χ1) is 17.0. The van der Waals surface area contributed by atoms with E-state index in [1.54, 1.807) is 18.2 Å². The summed E-state index contributed by atoms with van der Waals surface area (Å²) in [5.74, 6) is -1.69. The van der Waals surface area contributed by atoms with Crippen molar-refractivity contribution < 1.29 is 22.4 Å². The van der Waals surface area contributed by atoms with Gasteiger partial charge in [-0.25, -0.2) is 12.8 Å². The van der Waals surface area contributed by atoms with Crippen molar-refractivity contribution in [3.63, 3.8) is 0 Å². The third-order valence-electron chi connectivity index (χ3n) is 5.71. The van der Waals surface area contributed by atoms with E-state index in [-0.39, 0.29) is 22.7 Å². The van der Waals surface area contributed by atoms with Gasteiger partial charge in [0, 0.05) is 24.2 Å². The average molecular weight is 532 g/mol. The van der Waals surface area contributed by atoms with E-state index < -0.39 is 40.2 Å². The summed E-state index contributed by atoms with van der Waals surface area (Å²) in [5.41, 5.74) is 1.28. The molecule has 0 aromatic heterocycles. The Morgan fingerprint density at radius 3 is 2.19 bits per heavy atom. The number of nitrogens with zero attached hydrogens (tertiary/aromatic N) is 2. The van der Waals surface area contributed by atoms with Crippen molar-refractivity contribution in [1.29, 1.82) is 0 Å². The molecule has 0 fully saturated rings. The second-order valence-electron chi connectivity index (χ2n) is 8.20. The summed E-state index contributed by atoms with van der Waals surface area (Å²) in [6.07, 6.45) is 0. The van der Waals surface area contributed by atoms with E-state index in [2.05, 4.69) is 5.32 Å². The summed E-state index contributed by atoms with van der Waals surface area (Å²) in [7, 11) is -2.75. The highest BCUT2D eigenvalue weighted by Gasteiger charge is 2.32. The summed E-state index contributed by atoms with van der Waals surface area (Å²) in [5, 5.41) is 2.88. The molecule has 36 heavy (non-hydrogen) atoms. The molecule has 3 aromatic rings. The molecular weight excluding hydrogens is 505 g/mol. The Hall–Kier alpha value is -3.43. The second-order valence-corrected chi connectivity index (χ2v) is 10.5. The molecule has 0 bridgehead atoms. The minimum absolute atomic E-state index is 0.00384. The fourth-order valence-electron chi connectivity index (χ4n) is 3.58. The van der Waals surface area contributed by atoms with E-state index in [9.17, 15) is 22.4 Å². The van der Waals surface area contributed by atoms with Crippen LogP contribution in [0.1, 0.15) is 18.1 Å². The largest absolute Gasteiger partial charge is 0.357 e. The molecule has 3 aromatic carbocycles. The van der Waals surface area contributed by atoms with Crippen LogP contribution in [0, 0.1) is 12.7 Å². The maximum absolute atomic E-state index is 14.4. The highest BCUT2D eigenvalue weighted by molar-refractivity contribution is 7.92. The predicted molar refractivity (Wildman–Crippen MR) is 138 cm³/mol. The lowest BCUT2D eigenvalue weighted by atomic mass is 10.1. The number of aryl methyl sites for hydroxylation is 1. The summed E-state index contributed by atoms with van der Waals surface area (Å²) in [4.78, 5) is 27.2. The van der Waals surface area contributed by atoms with E-state index in [0.29, 0.717) is 5.02 Å². The maximum atomic E-state index is 14.4. The number of hydrogen-bond donors (Lipinski definition) is 1. The zero-order chi connectivity index (χ0) is 26.5. The number of anilines is 1. The Kier molecular flexibility index (Phi) is 8.70. The van der Waals surface area contributed by atoms with Gasteiger partial charge in [-0.3, -0.25) is 13.9 Å². The molecule has 7 nitrogen and oxygen atoms in total. The van der Waals surface area contributed by atoms with Crippen LogP contribution in [-0.4, -0.2) is 44.8 Å². The number of likely N-dealkylation sites (N-methyl/N-ethyl adjacent to an activating group) is 1. The second kappa shape index (κ2) is 11.5. The van der Waals surface area contributed by atoms with E-state index in [0.717, 1.165) is 14.8 Å². The van der Waals surface area contributed by atoms with Gasteiger partial charge in [-0.2, -0.15) is 0 Å². The summed E-state index contributed by atoms with van der Waals surface area (Å²) in [6, 6.07) is 17.2. The topological polar surface area (TPSA) is 86.8 Å². The lowest BCUT2D eigenvalue weighted by Gasteiger charge is -2.31. The Bertz CT molecular complexity index is 1330. The van der Waals surface area contributed by atoms with Crippen LogP contribution >= 0.6 is 11.6 Å². The Labute approximate surface area is 215 Å². The molecule has 0 saturated carbocycles. The fourth-order valence-corrected chi connectivity index (χ4v) is 5.12. The minimum atomic E-state index is -4.18. The van der Waals surface area contributed by atoms with Crippen molar-refractivity contribution in [2.75, 3.05) is 17.9 Å². The van der Waals surface area contributed by atoms with E-state index in [1.165, 1.54) is 68.6 Å². The highest BCUT2D eigenvalue weighted by atomic mass is 35.5. The van der Waals surface area contributed by atoms with Gasteiger partial charge >= 0.3 is 0 Å². The number of rotatable bonds is 9. The molecule has 0 spiro atoms. The number of hydrogen-bond acceptors (Lipinski definition) is 4. The van der Waals surface area contributed by atoms with Gasteiger partial charge in [-0.1, -0.05) is 47.5 Å². The third kappa shape index (κ3) is 6.22. The zero-order valence-corrected chi connectivity index (χ0v) is 21.7. The molecule has 0 unspecified atom stereocenters. The van der Waals surface area contributed by atoms with Crippen LogP contribution in [0.4, 0.5) is 10.1 Å². The van der Waals surface area contributed by atoms with Crippen LogP contribution in [0.5, 0.6) is 0 Å². The van der Waals surface area contributed by atoms with Crippen LogP contribution in [0.15, 0.2) is 77.7 Å². The van der Waals surface area contributed by atoms with Gasteiger partial charge in [-0.05, 0) is 56.3 Å². The molecule has 3 rings (SSSR count). The lowest BCUT2D eigenvalue weighted by molar-refractivity contribution is -0.139. The minimum Gasteiger partial charge on any atom is -0.357 e. The molecule has 2 amide bonds. The van der Waals surface area contributed by atoms with Gasteiger partial charge in [-0.15, -0.1) is 0 Å². The Morgan fingerprint density at radius 2 is 1.61 bits per heavy atom. The number of benzene rings is 3. The Balaban J connectivity index is 2.03. The molecular formula is C26H27ClFN3O4S. The zero-order valence-electron chi connectivity index (χ0n) is 20.1. The van der Waals surface area contributed by atoms with Crippen LogP contribution in [0.2, 0.25) is 5.02 Å². The molecule has 0 aliphatic heterocycles. The number of amides is 2. The molecule has 1 N–H and O–H groups in total. The SMILES string of the molecule is CNC(=O)[C@@H](C)N(Cc1ccccc1F)C(=O)CN(c1ccc(Cl)cc1)S(=O)(=O)c1ccc(C)cc1. The summed E-state index contributed by atoms with van der Waals surface area (Å²) in [6.45, 7) is 2.49. The smallest absolute Gasteiger partial charge is 0.264 e. The van der Waals surface area contributed by atoms with Crippen molar-refractivity contribution in [1.82, 2.24) is 10.2 Å². The number of nitrogens with one attached hydrogen (secondary N) is 1. The average Bonchev–Trinajstić information content (AvgIpc) is 2.86. The van der Waals surface area contributed by atoms with E-state index >= 15 is 0 Å². The Morgan fingerprint density at radius 1 is 1.00 bits per heavy atom. The van der Waals surface area contributed by atoms with Crippen LogP contribution in [0.3, 0.4) is 0 Å². The van der Waals surface area contributed by atoms with Crippen LogP contribution in [-0.2, 0) is 26.2 Å². The maximum Gasteiger partial charge on any atom is 0.264 e. The van der Waals surface area contributed by atoms with Crippen LogP contribution in [0.25, 0.3) is 0 Å². The quantitative estimate of drug-likeness (QED) is 0.449. The van der Waals surface area contributed by atoms with Crippen molar-refractivity contribution in [3.8, 4) is 0 Å². The fraction of sp³-hybridized carbons (Fsp3) is 0.231. The number of sulfonamides is 1. The monoisotopic (exact) mass is 531 g/mol. The van der Waals surface area contributed by atoms with Crippen LogP contribution < -0.4 is 9.62 Å². The number of carbonyl (C=O) groups is 2. The molecule has 1 atom stereocenters. The molecule has 190 valence electrons. The lowest BCUT2D eigenvalue weighted by Crippen LogP contribution is -2.50. The van der Waals surface area contributed by atoms with E-state index in [4.69, 9.17) is 11.6 Å². The summed E-state index contributed by atoms with van der Waals surface area (Å²) < 4.78 is 42.7. The van der Waals surface area contributed by atoms with E-state index in [1.807, 2.05) is 6.92 Å². The van der Waals surface area contributed by atoms with Gasteiger partial charge in [0.1, 0.15) is 18.4 Å². The van der Waals surface area contributed by atoms with Crippen molar-refractivity contribution in [2.45, 2.75) is 31.3 Å². The summed E-state index contributed by atoms with van der Waals surface area (Å²) >= 11 is 6.00. The first-order valence-corrected chi connectivity index (χ1v) is 13.0. The third-order valence-corrected chi connectivity index (χ3v) is 7.75. The molecule has 0 saturated heterocycles. The van der Waals surface area contributed by atoms with Gasteiger partial charge in [0.15, 0.2) is 0 Å². The normalized spacial score (nSPS) is 12.0. The van der Waals surface area contributed by atoms with Gasteiger partial charge in [0.05, 0.1) is 10.6 Å². The molecule has 0 radical (unpaired) electrons. The molecule has 0 heterocycles. The van der Waals surface area contributed by atoms with Gasteiger partial charge < -0.3 is 10.2 Å². The standard InChI is InChI=1S/C26H27ClFN3O4S/c1-18-8-14-23(15-9-18)36(34,35)31(22-12-10-21(27)11-13-22)17-25(32)30(19(2)26(33)29-3)16-20-6-4-5-7-24(20)28/h4-15,19H,16-17H2,1-3H3,(H,29,33)/t19-/m1/s1. The highest BCUT2D eigenvalue weighted by Crippen LogP contribution is 2.26. The molecule has 0 aliphatic carbocycles. The number of carbonyl (C=O) groups excluding carboxylic acids is 2. The predicted octanol–water partition coefficient (Wildman–Crippen LogP) is 4.15. The number of halogens is 2. The van der Waals surface area contributed by atoms with Gasteiger partial charge in [0.25, 0.3) is 10.0 Å². The van der Waals surface area contributed by atoms with Crippen molar-refractivity contribution in [3.05, 3.63) is 94.8 Å². The van der Waals surface area contributed by atoms with Gasteiger partial charge in [0.2, 0.25) is 11.8 Å². The molecule has 0 aliphatic rings. The first kappa shape index (κ1) is 27.2. The molecule has 10 heteroatoms. The first-order valence-electron chi connectivity index (χ1n) is 11.1. The van der Waals surface area contributed by atoms with Crippen molar-refractivity contribution >= 4 is 39.1 Å².